The number of nitro benzene ring substituents is 2. The lowest BCUT2D eigenvalue weighted by Gasteiger charge is -2.59. The molecule has 0 aliphatic heterocycles. The van der Waals surface area contributed by atoms with E-state index >= 15 is 0 Å². The van der Waals surface area contributed by atoms with Crippen LogP contribution in [0.15, 0.2) is 57.6 Å². The zero-order chi connectivity index (χ0) is 53.2. The Balaban J connectivity index is 0.842. The second kappa shape index (κ2) is 24.9. The van der Waals surface area contributed by atoms with Gasteiger partial charge in [0, 0.05) is 70.2 Å². The van der Waals surface area contributed by atoms with Gasteiger partial charge in [-0.05, 0) is 139 Å². The van der Waals surface area contributed by atoms with Crippen LogP contribution in [0.5, 0.6) is 0 Å². The first kappa shape index (κ1) is 56.2. The van der Waals surface area contributed by atoms with Gasteiger partial charge < -0.3 is 21.3 Å². The number of anilines is 1. The molecule has 7 rings (SSSR count). The number of aromatic nitrogens is 2. The first-order valence-corrected chi connectivity index (χ1v) is 28.7. The molecule has 3 saturated carbocycles. The largest absolute Gasteiger partial charge is 0.383 e. The van der Waals surface area contributed by atoms with Gasteiger partial charge in [0.25, 0.3) is 5.69 Å². The minimum Gasteiger partial charge on any atom is -0.383 e. The smallest absolute Gasteiger partial charge is 0.300 e. The number of fused-ring (bicyclic) bond motifs is 6. The molecular formula is C54H79N9O10S. The summed E-state index contributed by atoms with van der Waals surface area (Å²) in [5, 5.41) is 42.2. The third-order valence-electron chi connectivity index (χ3n) is 17.5. The summed E-state index contributed by atoms with van der Waals surface area (Å²) >= 11 is 0. The van der Waals surface area contributed by atoms with Gasteiger partial charge in [0.2, 0.25) is 33.3 Å². The molecule has 2 aromatic carbocycles. The molecule has 3 aromatic rings. The van der Waals surface area contributed by atoms with Crippen molar-refractivity contribution >= 4 is 55.8 Å². The lowest BCUT2D eigenvalue weighted by atomic mass is 9.47. The number of hydrogen-bond donors (Lipinski definition) is 4. The van der Waals surface area contributed by atoms with Gasteiger partial charge in [-0.1, -0.05) is 84.1 Å². The Labute approximate surface area is 435 Å². The van der Waals surface area contributed by atoms with Crippen molar-refractivity contribution in [3.8, 4) is 0 Å². The molecule has 0 spiro atoms. The topological polar surface area (TPSA) is 262 Å². The van der Waals surface area contributed by atoms with E-state index in [2.05, 4.69) is 76.9 Å². The Morgan fingerprint density at radius 1 is 0.757 bits per heavy atom. The average molecular weight is 1050 g/mol. The van der Waals surface area contributed by atoms with Crippen LogP contribution in [0.1, 0.15) is 150 Å². The van der Waals surface area contributed by atoms with Gasteiger partial charge in [0.05, 0.1) is 15.5 Å². The number of benzene rings is 2. The molecule has 0 saturated heterocycles. The molecule has 19 nitrogen and oxygen atoms in total. The number of hydrogen-bond acceptors (Lipinski definition) is 13. The third-order valence-corrected chi connectivity index (χ3v) is 19.5. The summed E-state index contributed by atoms with van der Waals surface area (Å²) < 4.78 is 35.4. The normalized spacial score (nSPS) is 24.9. The van der Waals surface area contributed by atoms with Crippen LogP contribution in [-0.4, -0.2) is 89.4 Å². The Morgan fingerprint density at radius 2 is 1.45 bits per heavy atom. The van der Waals surface area contributed by atoms with Crippen molar-refractivity contribution in [2.45, 2.75) is 161 Å². The van der Waals surface area contributed by atoms with E-state index in [-0.39, 0.29) is 103 Å². The number of sulfonamides is 1. The van der Waals surface area contributed by atoms with Gasteiger partial charge in [0.1, 0.15) is 0 Å². The number of unbranched alkanes of at least 4 members (excludes halogenated alkanes) is 2. The molecule has 74 heavy (non-hydrogen) atoms. The van der Waals surface area contributed by atoms with Crippen molar-refractivity contribution in [3.63, 3.8) is 0 Å². The second-order valence-corrected chi connectivity index (χ2v) is 24.4. The van der Waals surface area contributed by atoms with Gasteiger partial charge in [-0.15, -0.1) is 0 Å². The zero-order valence-electron chi connectivity index (χ0n) is 44.1. The maximum atomic E-state index is 14.6. The molecule has 20 heteroatoms. The number of rotatable bonds is 27. The summed E-state index contributed by atoms with van der Waals surface area (Å²) in [5.74, 6) is 3.29. The molecule has 8 atom stereocenters. The lowest BCUT2D eigenvalue weighted by molar-refractivity contribution is -0.387. The molecule has 4 aliphatic rings. The number of nitrogens with one attached hydrogen (secondary N) is 4. The fourth-order valence-corrected chi connectivity index (χ4v) is 15.5. The summed E-state index contributed by atoms with van der Waals surface area (Å²) in [5.41, 5.74) is 1.91. The van der Waals surface area contributed by atoms with Crippen molar-refractivity contribution < 1.29 is 37.3 Å². The van der Waals surface area contributed by atoms with Crippen molar-refractivity contribution in [1.29, 1.82) is 0 Å². The number of nitro groups is 2. The second-order valence-electron chi connectivity index (χ2n) is 22.5. The monoisotopic (exact) mass is 1050 g/mol. The number of nitrogens with zero attached hydrogens (tertiary/aromatic N) is 5. The van der Waals surface area contributed by atoms with Crippen LogP contribution in [0.25, 0.3) is 11.0 Å². The van der Waals surface area contributed by atoms with Crippen LogP contribution in [0.4, 0.5) is 17.1 Å². The Hall–Kier alpha value is -5.50. The van der Waals surface area contributed by atoms with E-state index in [0.717, 1.165) is 43.4 Å². The number of amides is 3. The van der Waals surface area contributed by atoms with Crippen LogP contribution in [0.2, 0.25) is 0 Å². The predicted octanol–water partition coefficient (Wildman–Crippen LogP) is 9.63. The van der Waals surface area contributed by atoms with Crippen LogP contribution in [0, 0.1) is 66.6 Å². The summed E-state index contributed by atoms with van der Waals surface area (Å²) in [4.78, 5) is 59.6. The summed E-state index contributed by atoms with van der Waals surface area (Å²) in [6, 6.07) is 8.03. The lowest BCUT2D eigenvalue weighted by Crippen LogP contribution is -2.53. The number of allylic oxidation sites excluding steroid dienone is 1. The molecule has 4 unspecified atom stereocenters. The first-order chi connectivity index (χ1) is 35.3. The van der Waals surface area contributed by atoms with E-state index in [1.807, 2.05) is 0 Å². The van der Waals surface area contributed by atoms with E-state index in [0.29, 0.717) is 54.7 Å². The molecule has 4 N–H and O–H groups in total. The number of para-hydroxylation sites is 1. The summed E-state index contributed by atoms with van der Waals surface area (Å²) in [7, 11) is -4.31. The Kier molecular flexibility index (Phi) is 18.9. The van der Waals surface area contributed by atoms with Gasteiger partial charge in [-0.3, -0.25) is 34.6 Å². The summed E-state index contributed by atoms with van der Waals surface area (Å²) in [6.45, 7) is 13.2. The van der Waals surface area contributed by atoms with Gasteiger partial charge >= 0.3 is 5.69 Å². The highest BCUT2D eigenvalue weighted by Gasteiger charge is 2.59. The molecule has 3 amide bonds. The summed E-state index contributed by atoms with van der Waals surface area (Å²) in [6.07, 6.45) is 17.2. The van der Waals surface area contributed by atoms with Crippen molar-refractivity contribution in [2.75, 3.05) is 38.0 Å². The van der Waals surface area contributed by atoms with E-state index < -0.39 is 25.6 Å². The number of carbonyl (C=O) groups excluding carboxylic acids is 3. The molecule has 1 heterocycles. The molecule has 0 bridgehead atoms. The predicted molar refractivity (Wildman–Crippen MR) is 282 cm³/mol. The van der Waals surface area contributed by atoms with E-state index in [1.165, 1.54) is 85.2 Å². The van der Waals surface area contributed by atoms with Crippen LogP contribution >= 0.6 is 0 Å². The average Bonchev–Trinajstić information content (AvgIpc) is 4.00. The number of carbonyl (C=O) groups is 3. The molecular weight excluding hydrogens is 967 g/mol. The van der Waals surface area contributed by atoms with Crippen LogP contribution in [0.3, 0.4) is 0 Å². The van der Waals surface area contributed by atoms with Gasteiger partial charge in [-0.2, -0.15) is 4.31 Å². The number of non-ortho nitro benzene ring substituents is 1. The fourth-order valence-electron chi connectivity index (χ4n) is 13.7. The molecule has 0 radical (unpaired) electrons. The first-order valence-electron chi connectivity index (χ1n) is 27.2. The minimum atomic E-state index is -4.31. The Morgan fingerprint density at radius 3 is 2.16 bits per heavy atom. The highest BCUT2D eigenvalue weighted by atomic mass is 32.2. The quantitative estimate of drug-likeness (QED) is 0.0240. The highest BCUT2D eigenvalue weighted by Crippen LogP contribution is 2.67. The minimum absolute atomic E-state index is 0.00520. The molecule has 3 fully saturated rings. The zero-order valence-corrected chi connectivity index (χ0v) is 44.9. The van der Waals surface area contributed by atoms with E-state index in [4.69, 9.17) is 0 Å². The third kappa shape index (κ3) is 12.9. The maximum absolute atomic E-state index is 14.6. The van der Waals surface area contributed by atoms with E-state index in [9.17, 15) is 43.0 Å². The highest BCUT2D eigenvalue weighted by molar-refractivity contribution is 7.89. The van der Waals surface area contributed by atoms with E-state index in [1.54, 1.807) is 6.07 Å². The fraction of sp³-hybridized carbons (Fsp3) is 0.685. The van der Waals surface area contributed by atoms with Crippen molar-refractivity contribution in [1.82, 2.24) is 30.6 Å². The Bertz CT molecular complexity index is 2620. The van der Waals surface area contributed by atoms with Crippen molar-refractivity contribution in [3.05, 3.63) is 68.3 Å². The van der Waals surface area contributed by atoms with Gasteiger partial charge in [0.15, 0.2) is 10.4 Å². The molecule has 406 valence electrons. The standard InChI is InChI=1S/C54H79N9O10S/c1-36(2)13-11-14-37(3)41-20-21-42-40-19-18-38-35-39(24-28-53(38,4)43(40)25-29-54(41,42)5)61(74(71,72)47-16-9-8-15-45(47)62(67)68)34-12-31-56-49(65)26-33-58-50(66)27-32-57-48(64)17-7-6-10-30-55-44-22-23-46(63(69)70)52-51(44)59-73-60-52/h8-9,15-16,18,22-23,36-37,39-43,55H,6-7,10-14,17,19-21,24-35H2,1-5H3,(H,56,65)(H,57,64)(H,58,66)/t37?,39-,40?,41+,42?,43?,53-,54+/m0/s1. The van der Waals surface area contributed by atoms with Crippen LogP contribution in [-0.2, 0) is 24.4 Å². The maximum Gasteiger partial charge on any atom is 0.300 e. The van der Waals surface area contributed by atoms with Gasteiger partial charge in [-0.25, -0.2) is 13.0 Å². The molecule has 4 aliphatic carbocycles. The molecule has 1 aromatic heterocycles. The SMILES string of the molecule is CC(C)CCCC(C)[C@H]1CCC2C3CC=C4C[C@@H](N(CCCNC(=O)CCNC(=O)CCNC(=O)CCCCCNc5ccc([N+](=O)[O-])c6nonc56)S(=O)(=O)c5ccccc5[N+](=O)[O-])CC[C@]4(C)C3CC[C@@]21C. The van der Waals surface area contributed by atoms with Crippen molar-refractivity contribution in [2.24, 2.45) is 46.3 Å². The van der Waals surface area contributed by atoms with Crippen LogP contribution < -0.4 is 21.3 Å².